The fourth-order valence-electron chi connectivity index (χ4n) is 1.73. The van der Waals surface area contributed by atoms with Gasteiger partial charge < -0.3 is 16.3 Å². The number of nitrogens with zero attached hydrogens (tertiary/aromatic N) is 1. The van der Waals surface area contributed by atoms with Crippen LogP contribution in [0.3, 0.4) is 0 Å². The molecule has 0 amide bonds. The van der Waals surface area contributed by atoms with E-state index in [2.05, 4.69) is 10.5 Å². The summed E-state index contributed by atoms with van der Waals surface area (Å²) in [7, 11) is 0. The molecule has 4 heteroatoms. The maximum absolute atomic E-state index is 8.52. The van der Waals surface area contributed by atoms with E-state index in [1.165, 1.54) is 24.8 Å². The van der Waals surface area contributed by atoms with E-state index in [-0.39, 0.29) is 5.84 Å². The molecule has 1 saturated carbocycles. The van der Waals surface area contributed by atoms with E-state index in [4.69, 9.17) is 10.9 Å². The first-order valence-electron chi connectivity index (χ1n) is 5.60. The Bertz CT molecular complexity index is 368. The fraction of sp³-hybridized carbons (Fsp3) is 0.417. The quantitative estimate of drug-likeness (QED) is 0.310. The number of hydrogen-bond donors (Lipinski definition) is 3. The van der Waals surface area contributed by atoms with Crippen molar-refractivity contribution >= 4 is 5.84 Å². The zero-order chi connectivity index (χ0) is 11.4. The highest BCUT2D eigenvalue weighted by Gasteiger charge is 2.15. The third kappa shape index (κ3) is 2.52. The molecule has 0 saturated heterocycles. The van der Waals surface area contributed by atoms with Gasteiger partial charge in [-0.2, -0.15) is 0 Å². The molecule has 0 bridgehead atoms. The molecule has 1 aromatic carbocycles. The highest BCUT2D eigenvalue weighted by atomic mass is 16.4. The number of hydrogen-bond acceptors (Lipinski definition) is 3. The number of nitrogens with two attached hydrogens (primary N) is 1. The Morgan fingerprint density at radius 2 is 2.06 bits per heavy atom. The molecule has 0 aliphatic heterocycles. The first-order valence-corrected chi connectivity index (χ1v) is 5.60. The van der Waals surface area contributed by atoms with Gasteiger partial charge in [0.15, 0.2) is 5.84 Å². The number of benzene rings is 1. The Labute approximate surface area is 95.1 Å². The lowest BCUT2D eigenvalue weighted by Gasteiger charge is -2.26. The monoisotopic (exact) mass is 219 g/mol. The van der Waals surface area contributed by atoms with Crippen LogP contribution in [0.1, 0.15) is 30.4 Å². The summed E-state index contributed by atoms with van der Waals surface area (Å²) in [5.74, 6) is 0.151. The molecule has 1 aliphatic rings. The average molecular weight is 219 g/mol. The van der Waals surface area contributed by atoms with Gasteiger partial charge in [0.2, 0.25) is 0 Å². The Morgan fingerprint density at radius 3 is 2.56 bits per heavy atom. The van der Waals surface area contributed by atoms with Crippen LogP contribution in [0.15, 0.2) is 29.4 Å². The predicted octanol–water partition coefficient (Wildman–Crippen LogP) is 1.42. The summed E-state index contributed by atoms with van der Waals surface area (Å²) < 4.78 is 0. The lowest BCUT2D eigenvalue weighted by molar-refractivity contribution is 0.318. The second-order valence-electron chi connectivity index (χ2n) is 4.19. The number of rotatable bonds is 4. The van der Waals surface area contributed by atoms with Gasteiger partial charge in [-0.15, -0.1) is 0 Å². The maximum Gasteiger partial charge on any atom is 0.170 e. The van der Waals surface area contributed by atoms with Crippen molar-refractivity contribution < 1.29 is 5.21 Å². The van der Waals surface area contributed by atoms with Crippen LogP contribution in [0.4, 0.5) is 0 Å². The van der Waals surface area contributed by atoms with Gasteiger partial charge in [0.25, 0.3) is 0 Å². The van der Waals surface area contributed by atoms with Gasteiger partial charge in [-0.05, 0) is 18.4 Å². The second kappa shape index (κ2) is 4.99. The molecule has 0 radical (unpaired) electrons. The minimum atomic E-state index is 0.151. The molecule has 1 fully saturated rings. The van der Waals surface area contributed by atoms with Crippen LogP contribution in [-0.2, 0) is 6.54 Å². The summed E-state index contributed by atoms with van der Waals surface area (Å²) in [4.78, 5) is 0. The number of nitrogens with one attached hydrogen (secondary N) is 1. The lowest BCUT2D eigenvalue weighted by Crippen LogP contribution is -2.34. The van der Waals surface area contributed by atoms with Crippen molar-refractivity contribution in [3.05, 3.63) is 35.4 Å². The normalized spacial score (nSPS) is 17.1. The molecule has 1 aromatic rings. The predicted molar refractivity (Wildman–Crippen MR) is 63.4 cm³/mol. The van der Waals surface area contributed by atoms with Crippen LogP contribution in [0, 0.1) is 0 Å². The van der Waals surface area contributed by atoms with Gasteiger partial charge in [0.1, 0.15) is 0 Å². The van der Waals surface area contributed by atoms with Crippen molar-refractivity contribution in [3.8, 4) is 0 Å². The molecule has 1 aliphatic carbocycles. The zero-order valence-electron chi connectivity index (χ0n) is 9.19. The van der Waals surface area contributed by atoms with E-state index < -0.39 is 0 Å². The van der Waals surface area contributed by atoms with Gasteiger partial charge in [-0.1, -0.05) is 35.8 Å². The summed E-state index contributed by atoms with van der Waals surface area (Å²) in [5, 5.41) is 15.0. The van der Waals surface area contributed by atoms with Crippen molar-refractivity contribution in [1.29, 1.82) is 0 Å². The Kier molecular flexibility index (Phi) is 3.41. The van der Waals surface area contributed by atoms with E-state index >= 15 is 0 Å². The minimum Gasteiger partial charge on any atom is -0.409 e. The molecule has 0 atom stereocenters. The molecule has 0 spiro atoms. The summed E-state index contributed by atoms with van der Waals surface area (Å²) >= 11 is 0. The smallest absolute Gasteiger partial charge is 0.170 e. The molecule has 0 heterocycles. The van der Waals surface area contributed by atoms with E-state index in [9.17, 15) is 0 Å². The highest BCUT2D eigenvalue weighted by molar-refractivity contribution is 5.96. The van der Waals surface area contributed by atoms with Gasteiger partial charge in [0.05, 0.1) is 0 Å². The first kappa shape index (κ1) is 11.0. The Balaban J connectivity index is 1.90. The molecule has 0 aromatic heterocycles. The van der Waals surface area contributed by atoms with Gasteiger partial charge in [-0.25, -0.2) is 0 Å². The van der Waals surface area contributed by atoms with Crippen molar-refractivity contribution in [3.63, 3.8) is 0 Å². The van der Waals surface area contributed by atoms with E-state index in [0.29, 0.717) is 6.04 Å². The molecule has 2 rings (SSSR count). The highest BCUT2D eigenvalue weighted by Crippen LogP contribution is 2.18. The lowest BCUT2D eigenvalue weighted by atomic mass is 9.93. The van der Waals surface area contributed by atoms with E-state index in [0.717, 1.165) is 12.1 Å². The van der Waals surface area contributed by atoms with Gasteiger partial charge in [0, 0.05) is 18.2 Å². The molecular weight excluding hydrogens is 202 g/mol. The van der Waals surface area contributed by atoms with Crippen LogP contribution in [-0.4, -0.2) is 17.1 Å². The van der Waals surface area contributed by atoms with E-state index in [1.807, 2.05) is 24.3 Å². The first-order chi connectivity index (χ1) is 7.79. The molecule has 4 N–H and O–H groups in total. The van der Waals surface area contributed by atoms with Crippen LogP contribution >= 0.6 is 0 Å². The van der Waals surface area contributed by atoms with Gasteiger partial charge >= 0.3 is 0 Å². The topological polar surface area (TPSA) is 70.6 Å². The molecule has 4 nitrogen and oxygen atoms in total. The summed E-state index contributed by atoms with van der Waals surface area (Å²) in [6, 6.07) is 8.43. The third-order valence-corrected chi connectivity index (χ3v) is 3.06. The largest absolute Gasteiger partial charge is 0.409 e. The molecule has 0 unspecified atom stereocenters. The van der Waals surface area contributed by atoms with Crippen LogP contribution in [0.2, 0.25) is 0 Å². The fourth-order valence-corrected chi connectivity index (χ4v) is 1.73. The van der Waals surface area contributed by atoms with Crippen LogP contribution in [0.25, 0.3) is 0 Å². The molecule has 16 heavy (non-hydrogen) atoms. The number of oxime groups is 1. The van der Waals surface area contributed by atoms with Crippen LogP contribution < -0.4 is 11.1 Å². The number of amidine groups is 1. The molecular formula is C12H17N3O. The summed E-state index contributed by atoms with van der Waals surface area (Å²) in [5.41, 5.74) is 7.45. The van der Waals surface area contributed by atoms with Crippen molar-refractivity contribution in [2.45, 2.75) is 31.8 Å². The second-order valence-corrected chi connectivity index (χ2v) is 4.19. The zero-order valence-corrected chi connectivity index (χ0v) is 9.19. The SMILES string of the molecule is NC(=NO)c1ccc(CNC2CCC2)cc1. The average Bonchev–Trinajstić information content (AvgIpc) is 2.27. The Hall–Kier alpha value is -1.55. The van der Waals surface area contributed by atoms with Crippen molar-refractivity contribution in [2.24, 2.45) is 10.9 Å². The van der Waals surface area contributed by atoms with E-state index in [1.54, 1.807) is 0 Å². The standard InChI is InChI=1S/C12H17N3O/c13-12(15-16)10-6-4-9(5-7-10)8-14-11-2-1-3-11/h4-7,11,14,16H,1-3,8H2,(H2,13,15). The van der Waals surface area contributed by atoms with Crippen molar-refractivity contribution in [2.75, 3.05) is 0 Å². The summed E-state index contributed by atoms with van der Waals surface area (Å²) in [6.07, 6.45) is 3.94. The summed E-state index contributed by atoms with van der Waals surface area (Å²) in [6.45, 7) is 0.890. The van der Waals surface area contributed by atoms with Crippen molar-refractivity contribution in [1.82, 2.24) is 5.32 Å². The minimum absolute atomic E-state index is 0.151. The van der Waals surface area contributed by atoms with Gasteiger partial charge in [-0.3, -0.25) is 0 Å². The maximum atomic E-state index is 8.52. The third-order valence-electron chi connectivity index (χ3n) is 3.06. The molecule has 86 valence electrons. The Morgan fingerprint density at radius 1 is 1.38 bits per heavy atom. The van der Waals surface area contributed by atoms with Crippen LogP contribution in [0.5, 0.6) is 0 Å².